The minimum Gasteiger partial charge on any atom is -0.343 e. The molecule has 0 fully saturated rings. The lowest BCUT2D eigenvalue weighted by Gasteiger charge is -2.08. The molecule has 1 amide bonds. The van der Waals surface area contributed by atoms with E-state index in [1.165, 1.54) is 4.90 Å². The summed E-state index contributed by atoms with van der Waals surface area (Å²) in [5.41, 5.74) is 1.46. The first-order valence-corrected chi connectivity index (χ1v) is 7.97. The van der Waals surface area contributed by atoms with E-state index in [2.05, 4.69) is 21.2 Å². The minimum absolute atomic E-state index is 0.0931. The number of carbonyl (C=O) groups excluding carboxylic acids is 1. The van der Waals surface area contributed by atoms with Crippen LogP contribution in [0.25, 0.3) is 0 Å². The van der Waals surface area contributed by atoms with Gasteiger partial charge >= 0.3 is 0 Å². The van der Waals surface area contributed by atoms with Crippen LogP contribution in [-0.2, 0) is 6.54 Å². The first-order valence-electron chi connectivity index (χ1n) is 5.95. The summed E-state index contributed by atoms with van der Waals surface area (Å²) in [6.07, 6.45) is 3.94. The molecule has 0 bridgehead atoms. The van der Waals surface area contributed by atoms with Gasteiger partial charge in [-0.3, -0.25) is 4.79 Å². The van der Waals surface area contributed by atoms with E-state index in [0.29, 0.717) is 5.69 Å². The normalized spacial score (nSPS) is 10.5. The van der Waals surface area contributed by atoms with Crippen molar-refractivity contribution in [1.82, 2.24) is 4.57 Å². The number of aryl methyl sites for hydroxylation is 1. The van der Waals surface area contributed by atoms with Crippen molar-refractivity contribution in [2.24, 2.45) is 0 Å². The first kappa shape index (κ1) is 14.2. The molecular formula is C14H15BrN2OS. The number of nitrogens with one attached hydrogen (secondary N) is 1. The van der Waals surface area contributed by atoms with Gasteiger partial charge in [-0.1, -0.05) is 0 Å². The van der Waals surface area contributed by atoms with Crippen molar-refractivity contribution in [2.75, 3.05) is 11.6 Å². The predicted molar refractivity (Wildman–Crippen MR) is 84.0 cm³/mol. The van der Waals surface area contributed by atoms with Gasteiger partial charge in [0.05, 0.1) is 0 Å². The number of rotatable bonds is 4. The number of hydrogen-bond acceptors (Lipinski definition) is 2. The molecule has 19 heavy (non-hydrogen) atoms. The van der Waals surface area contributed by atoms with Gasteiger partial charge in [-0.2, -0.15) is 0 Å². The summed E-state index contributed by atoms with van der Waals surface area (Å²) in [6.45, 7) is 2.77. The number of anilines is 1. The van der Waals surface area contributed by atoms with Crippen LogP contribution < -0.4 is 5.32 Å². The molecule has 0 atom stereocenters. The molecule has 5 heteroatoms. The third-order valence-electron chi connectivity index (χ3n) is 2.78. The molecule has 1 heterocycles. The topological polar surface area (TPSA) is 34.0 Å². The summed E-state index contributed by atoms with van der Waals surface area (Å²) in [6, 6.07) is 9.65. The van der Waals surface area contributed by atoms with Crippen LogP contribution in [0.5, 0.6) is 0 Å². The van der Waals surface area contributed by atoms with E-state index in [4.69, 9.17) is 0 Å². The Morgan fingerprint density at radius 3 is 2.63 bits per heavy atom. The lowest BCUT2D eigenvalue weighted by atomic mass is 10.3. The monoisotopic (exact) mass is 338 g/mol. The van der Waals surface area contributed by atoms with E-state index in [1.54, 1.807) is 11.8 Å². The van der Waals surface area contributed by atoms with E-state index < -0.39 is 0 Å². The van der Waals surface area contributed by atoms with Crippen LogP contribution in [0, 0.1) is 0 Å². The summed E-state index contributed by atoms with van der Waals surface area (Å²) >= 11 is 5.07. The lowest BCUT2D eigenvalue weighted by molar-refractivity contribution is 0.101. The average Bonchev–Trinajstić information content (AvgIpc) is 2.81. The van der Waals surface area contributed by atoms with Gasteiger partial charge in [0, 0.05) is 27.8 Å². The van der Waals surface area contributed by atoms with Crippen LogP contribution >= 0.6 is 27.7 Å². The molecule has 0 radical (unpaired) electrons. The fraction of sp³-hybridized carbons (Fsp3) is 0.214. The Morgan fingerprint density at radius 1 is 1.37 bits per heavy atom. The fourth-order valence-electron chi connectivity index (χ4n) is 1.80. The van der Waals surface area contributed by atoms with Gasteiger partial charge in [0.1, 0.15) is 5.69 Å². The van der Waals surface area contributed by atoms with E-state index in [-0.39, 0.29) is 5.91 Å². The van der Waals surface area contributed by atoms with Gasteiger partial charge in [0.2, 0.25) is 0 Å². The third kappa shape index (κ3) is 3.42. The van der Waals surface area contributed by atoms with E-state index in [9.17, 15) is 4.79 Å². The molecule has 3 nitrogen and oxygen atoms in total. The number of benzene rings is 1. The van der Waals surface area contributed by atoms with Crippen LogP contribution in [0.3, 0.4) is 0 Å². The second kappa shape index (κ2) is 6.30. The van der Waals surface area contributed by atoms with Crippen molar-refractivity contribution in [3.05, 3.63) is 46.7 Å². The van der Waals surface area contributed by atoms with E-state index in [0.717, 1.165) is 16.7 Å². The Hall–Kier alpha value is -1.20. The van der Waals surface area contributed by atoms with Crippen LogP contribution in [0.2, 0.25) is 0 Å². The summed E-state index contributed by atoms with van der Waals surface area (Å²) in [7, 11) is 0. The fourth-order valence-corrected chi connectivity index (χ4v) is 2.67. The quantitative estimate of drug-likeness (QED) is 0.845. The smallest absolute Gasteiger partial charge is 0.272 e. The highest BCUT2D eigenvalue weighted by molar-refractivity contribution is 9.10. The van der Waals surface area contributed by atoms with Gasteiger partial charge in [0.15, 0.2) is 0 Å². The molecule has 0 spiro atoms. The highest BCUT2D eigenvalue weighted by atomic mass is 79.9. The standard InChI is InChI=1S/C14H15BrN2OS/c1-3-17-9-10(15)8-13(17)14(18)16-11-4-6-12(19-2)7-5-11/h4-9H,3H2,1-2H3,(H,16,18). The Bertz CT molecular complexity index is 578. The maximum Gasteiger partial charge on any atom is 0.272 e. The Morgan fingerprint density at radius 2 is 2.05 bits per heavy atom. The first-order chi connectivity index (χ1) is 9.13. The highest BCUT2D eigenvalue weighted by Gasteiger charge is 2.12. The molecule has 0 unspecified atom stereocenters. The number of halogens is 1. The van der Waals surface area contributed by atoms with Gasteiger partial charge in [-0.15, -0.1) is 11.8 Å². The van der Waals surface area contributed by atoms with Crippen molar-refractivity contribution in [1.29, 1.82) is 0 Å². The summed E-state index contributed by atoms with van der Waals surface area (Å²) in [4.78, 5) is 13.4. The molecule has 2 rings (SSSR count). The second-order valence-electron chi connectivity index (χ2n) is 4.01. The number of hydrogen-bond donors (Lipinski definition) is 1. The van der Waals surface area contributed by atoms with Crippen LogP contribution in [-0.4, -0.2) is 16.7 Å². The Kier molecular flexibility index (Phi) is 4.71. The molecule has 0 aliphatic heterocycles. The number of carbonyl (C=O) groups is 1. The molecular weight excluding hydrogens is 324 g/mol. The summed E-state index contributed by atoms with van der Waals surface area (Å²) < 4.78 is 2.83. The van der Waals surface area contributed by atoms with Gasteiger partial charge < -0.3 is 9.88 Å². The molecule has 0 aliphatic carbocycles. The molecule has 1 aromatic carbocycles. The summed E-state index contributed by atoms with van der Waals surface area (Å²) in [5.74, 6) is -0.0931. The van der Waals surface area contributed by atoms with Crippen molar-refractivity contribution < 1.29 is 4.79 Å². The number of thioether (sulfide) groups is 1. The van der Waals surface area contributed by atoms with E-state index in [1.807, 2.05) is 54.3 Å². The molecule has 2 aromatic rings. The number of aromatic nitrogens is 1. The molecule has 0 saturated carbocycles. The Labute approximate surface area is 125 Å². The molecule has 0 saturated heterocycles. The molecule has 1 aromatic heterocycles. The minimum atomic E-state index is -0.0931. The largest absolute Gasteiger partial charge is 0.343 e. The van der Waals surface area contributed by atoms with Gasteiger partial charge in [-0.25, -0.2) is 0 Å². The average molecular weight is 339 g/mol. The van der Waals surface area contributed by atoms with Gasteiger partial charge in [0.25, 0.3) is 5.91 Å². The SMILES string of the molecule is CCn1cc(Br)cc1C(=O)Nc1ccc(SC)cc1. The molecule has 0 aliphatic rings. The van der Waals surface area contributed by atoms with Crippen molar-refractivity contribution in [3.63, 3.8) is 0 Å². The Balaban J connectivity index is 2.15. The highest BCUT2D eigenvalue weighted by Crippen LogP contribution is 2.19. The third-order valence-corrected chi connectivity index (χ3v) is 3.96. The van der Waals surface area contributed by atoms with Gasteiger partial charge in [-0.05, 0) is 59.4 Å². The maximum atomic E-state index is 12.2. The second-order valence-corrected chi connectivity index (χ2v) is 5.81. The zero-order chi connectivity index (χ0) is 13.8. The lowest BCUT2D eigenvalue weighted by Crippen LogP contribution is -2.16. The van der Waals surface area contributed by atoms with E-state index >= 15 is 0 Å². The maximum absolute atomic E-state index is 12.2. The zero-order valence-corrected chi connectivity index (χ0v) is 13.2. The van der Waals surface area contributed by atoms with Crippen molar-refractivity contribution in [2.45, 2.75) is 18.4 Å². The van der Waals surface area contributed by atoms with Crippen LogP contribution in [0.15, 0.2) is 45.9 Å². The van der Waals surface area contributed by atoms with Crippen molar-refractivity contribution >= 4 is 39.3 Å². The van der Waals surface area contributed by atoms with Crippen LogP contribution in [0.1, 0.15) is 17.4 Å². The van der Waals surface area contributed by atoms with Crippen LogP contribution in [0.4, 0.5) is 5.69 Å². The summed E-state index contributed by atoms with van der Waals surface area (Å²) in [5, 5.41) is 2.91. The zero-order valence-electron chi connectivity index (χ0n) is 10.8. The predicted octanol–water partition coefficient (Wildman–Crippen LogP) is 4.24. The number of amides is 1. The molecule has 100 valence electrons. The number of nitrogens with zero attached hydrogens (tertiary/aromatic N) is 1. The van der Waals surface area contributed by atoms with Crippen molar-refractivity contribution in [3.8, 4) is 0 Å². The molecule has 1 N–H and O–H groups in total.